The highest BCUT2D eigenvalue weighted by Crippen LogP contribution is 2.34. The molecule has 1 radical (unpaired) electrons. The van der Waals surface area contributed by atoms with Crippen molar-refractivity contribution in [3.8, 4) is 0 Å². The van der Waals surface area contributed by atoms with Gasteiger partial charge in [-0.3, -0.25) is 4.79 Å². The lowest BCUT2D eigenvalue weighted by Gasteiger charge is -2.12. The molecule has 3 aromatic carbocycles. The number of carbonyl (C=O) groups excluding carboxylic acids is 1. The Morgan fingerprint density at radius 1 is 1.00 bits per heavy atom. The molecule has 1 aromatic heterocycles. The molecule has 0 saturated carbocycles. The van der Waals surface area contributed by atoms with Crippen LogP contribution in [0.2, 0.25) is 5.02 Å². The van der Waals surface area contributed by atoms with E-state index in [9.17, 15) is 26.7 Å². The molecule has 0 aliphatic carbocycles. The van der Waals surface area contributed by atoms with Crippen LogP contribution in [0.1, 0.15) is 15.9 Å². The van der Waals surface area contributed by atoms with Crippen molar-refractivity contribution in [1.82, 2.24) is 4.57 Å². The van der Waals surface area contributed by atoms with Crippen LogP contribution in [0.25, 0.3) is 21.8 Å². The summed E-state index contributed by atoms with van der Waals surface area (Å²) in [6.07, 6.45) is 0. The van der Waals surface area contributed by atoms with Gasteiger partial charge in [0.05, 0.1) is 17.6 Å². The molecule has 0 aliphatic rings. The zero-order valence-electron chi connectivity index (χ0n) is 14.3. The second kappa shape index (κ2) is 6.73. The molecule has 0 fully saturated rings. The maximum Gasteiger partial charge on any atom is 0.249 e. The number of nitrogens with zero attached hydrogens (tertiary/aromatic N) is 1. The van der Waals surface area contributed by atoms with Crippen LogP contribution in [0.3, 0.4) is 0 Å². The molecule has 9 heteroatoms. The number of rotatable bonds is 3. The largest absolute Gasteiger partial charge is 0.366 e. The van der Waals surface area contributed by atoms with Gasteiger partial charge in [-0.05, 0) is 30.3 Å². The lowest BCUT2D eigenvalue weighted by Crippen LogP contribution is -2.12. The smallest absolute Gasteiger partial charge is 0.249 e. The third-order valence-corrected chi connectivity index (χ3v) is 4.86. The quantitative estimate of drug-likeness (QED) is 0.278. The molecular weight excluding hydrogens is 415 g/mol. The molecule has 0 unspecified atom stereocenters. The molecule has 4 aromatic rings. The van der Waals surface area contributed by atoms with Crippen LogP contribution < -0.4 is 5.73 Å². The van der Waals surface area contributed by atoms with Gasteiger partial charge in [-0.1, -0.05) is 17.7 Å². The molecule has 2 N–H and O–H groups in total. The van der Waals surface area contributed by atoms with Gasteiger partial charge >= 0.3 is 0 Å². The SMILES string of the molecule is NC(=O)c1cccc2c1c1[c]cc(Cl)cc1n2Cc1c(F)c(F)c(F)c(F)c1F. The predicted octanol–water partition coefficient (Wildman–Crippen LogP) is 5.09. The van der Waals surface area contributed by atoms with Crippen molar-refractivity contribution in [3.05, 3.63) is 81.6 Å². The second-order valence-electron chi connectivity index (χ2n) is 6.28. The number of primary amides is 1. The first-order valence-corrected chi connectivity index (χ1v) is 8.52. The number of hydrogen-bond donors (Lipinski definition) is 1. The van der Waals surface area contributed by atoms with Crippen LogP contribution in [-0.4, -0.2) is 10.5 Å². The Bertz CT molecular complexity index is 1300. The standard InChI is InChI=1S/C20H9ClF5N2O/c21-8-4-5-9-13(6-8)28(12-3-1-2-10(14(9)12)20(27)29)7-11-15(22)17(24)19(26)18(25)16(11)23/h1-4,6H,7H2,(H2,27,29). The van der Waals surface area contributed by atoms with Crippen molar-refractivity contribution < 1.29 is 26.7 Å². The zero-order chi connectivity index (χ0) is 21.0. The Morgan fingerprint density at radius 3 is 2.24 bits per heavy atom. The molecule has 0 bridgehead atoms. The van der Waals surface area contributed by atoms with Crippen LogP contribution >= 0.6 is 11.6 Å². The van der Waals surface area contributed by atoms with Crippen molar-refractivity contribution in [2.75, 3.05) is 0 Å². The van der Waals surface area contributed by atoms with E-state index in [0.29, 0.717) is 16.3 Å². The van der Waals surface area contributed by atoms with E-state index in [1.807, 2.05) is 0 Å². The molecule has 147 valence electrons. The van der Waals surface area contributed by atoms with Crippen LogP contribution in [0.15, 0.2) is 30.3 Å². The van der Waals surface area contributed by atoms with E-state index in [1.165, 1.54) is 34.9 Å². The van der Waals surface area contributed by atoms with Crippen molar-refractivity contribution in [2.24, 2.45) is 5.73 Å². The molecule has 1 heterocycles. The summed E-state index contributed by atoms with van der Waals surface area (Å²) in [6, 6.07) is 10.2. The summed E-state index contributed by atoms with van der Waals surface area (Å²) in [5.74, 6) is -10.9. The van der Waals surface area contributed by atoms with E-state index in [-0.39, 0.29) is 16.1 Å². The van der Waals surface area contributed by atoms with Gasteiger partial charge in [0.15, 0.2) is 23.3 Å². The molecule has 0 spiro atoms. The summed E-state index contributed by atoms with van der Waals surface area (Å²) in [5.41, 5.74) is 5.08. The van der Waals surface area contributed by atoms with Crippen LogP contribution in [0.4, 0.5) is 22.0 Å². The molecule has 29 heavy (non-hydrogen) atoms. The number of fused-ring (bicyclic) bond motifs is 3. The number of hydrogen-bond acceptors (Lipinski definition) is 1. The van der Waals surface area contributed by atoms with Gasteiger partial charge in [0, 0.05) is 26.9 Å². The highest BCUT2D eigenvalue weighted by atomic mass is 35.5. The van der Waals surface area contributed by atoms with E-state index < -0.39 is 47.1 Å². The minimum atomic E-state index is -2.24. The second-order valence-corrected chi connectivity index (χ2v) is 6.71. The van der Waals surface area contributed by atoms with Gasteiger partial charge < -0.3 is 10.3 Å². The lowest BCUT2D eigenvalue weighted by molar-refractivity contribution is 0.100. The molecule has 3 nitrogen and oxygen atoms in total. The zero-order valence-corrected chi connectivity index (χ0v) is 15.1. The van der Waals surface area contributed by atoms with Gasteiger partial charge in [-0.15, -0.1) is 0 Å². The molecule has 4 rings (SSSR count). The molecule has 0 aliphatic heterocycles. The molecule has 0 atom stereocenters. The Morgan fingerprint density at radius 2 is 1.62 bits per heavy atom. The molecule has 0 saturated heterocycles. The van der Waals surface area contributed by atoms with E-state index in [4.69, 9.17) is 17.3 Å². The third kappa shape index (κ3) is 2.82. The van der Waals surface area contributed by atoms with Gasteiger partial charge in [0.1, 0.15) is 0 Å². The van der Waals surface area contributed by atoms with Crippen molar-refractivity contribution >= 4 is 39.3 Å². The minimum absolute atomic E-state index is 0.113. The fraction of sp³-hybridized carbons (Fsp3) is 0.0500. The Hall–Kier alpha value is -3.13. The minimum Gasteiger partial charge on any atom is -0.366 e. The van der Waals surface area contributed by atoms with Crippen molar-refractivity contribution in [1.29, 1.82) is 0 Å². The monoisotopic (exact) mass is 423 g/mol. The number of amides is 1. The predicted molar refractivity (Wildman–Crippen MR) is 97.1 cm³/mol. The summed E-state index contributed by atoms with van der Waals surface area (Å²) in [7, 11) is 0. The van der Waals surface area contributed by atoms with Crippen LogP contribution in [0, 0.1) is 35.2 Å². The van der Waals surface area contributed by atoms with E-state index in [0.717, 1.165) is 0 Å². The topological polar surface area (TPSA) is 48.0 Å². The van der Waals surface area contributed by atoms with E-state index in [2.05, 4.69) is 6.07 Å². The van der Waals surface area contributed by atoms with Crippen molar-refractivity contribution in [2.45, 2.75) is 6.54 Å². The first kappa shape index (κ1) is 19.2. The summed E-state index contributed by atoms with van der Waals surface area (Å²) >= 11 is 6.00. The number of carbonyl (C=O) groups is 1. The van der Waals surface area contributed by atoms with Crippen LogP contribution in [-0.2, 0) is 6.54 Å². The Balaban J connectivity index is 2.09. The van der Waals surface area contributed by atoms with Crippen molar-refractivity contribution in [3.63, 3.8) is 0 Å². The average molecular weight is 424 g/mol. The fourth-order valence-electron chi connectivity index (χ4n) is 3.35. The number of halogens is 6. The summed E-state index contributed by atoms with van der Waals surface area (Å²) in [4.78, 5) is 11.8. The van der Waals surface area contributed by atoms with E-state index in [1.54, 1.807) is 0 Å². The van der Waals surface area contributed by atoms with Gasteiger partial charge in [-0.25, -0.2) is 22.0 Å². The van der Waals surface area contributed by atoms with E-state index >= 15 is 0 Å². The maximum atomic E-state index is 14.2. The van der Waals surface area contributed by atoms with Crippen LogP contribution in [0.5, 0.6) is 0 Å². The van der Waals surface area contributed by atoms with Gasteiger partial charge in [0.2, 0.25) is 11.7 Å². The first-order valence-electron chi connectivity index (χ1n) is 8.14. The fourth-order valence-corrected chi connectivity index (χ4v) is 3.51. The Kier molecular flexibility index (Phi) is 4.46. The number of nitrogens with two attached hydrogens (primary N) is 1. The number of aromatic nitrogens is 1. The summed E-state index contributed by atoms with van der Waals surface area (Å²) in [5, 5.41) is 0.915. The molecular formula is C20H9ClF5N2O. The average Bonchev–Trinajstić information content (AvgIpc) is 3.00. The number of benzene rings is 3. The highest BCUT2D eigenvalue weighted by Gasteiger charge is 2.27. The van der Waals surface area contributed by atoms with Gasteiger partial charge in [0.25, 0.3) is 0 Å². The first-order chi connectivity index (χ1) is 13.7. The summed E-state index contributed by atoms with van der Waals surface area (Å²) in [6.45, 7) is -0.706. The lowest BCUT2D eigenvalue weighted by atomic mass is 10.1. The maximum absolute atomic E-state index is 14.2. The summed E-state index contributed by atoms with van der Waals surface area (Å²) < 4.78 is 70.4. The third-order valence-electron chi connectivity index (χ3n) is 4.64. The normalized spacial score (nSPS) is 11.5. The molecule has 1 amide bonds. The highest BCUT2D eigenvalue weighted by molar-refractivity contribution is 6.31. The van der Waals surface area contributed by atoms with Gasteiger partial charge in [-0.2, -0.15) is 0 Å². The Labute approximate surface area is 165 Å².